The summed E-state index contributed by atoms with van der Waals surface area (Å²) in [5.74, 6) is 0.707. The zero-order valence-electron chi connectivity index (χ0n) is 10.2. The van der Waals surface area contributed by atoms with Crippen LogP contribution in [0.15, 0.2) is 29.4 Å². The third-order valence-corrected chi connectivity index (χ3v) is 2.63. The van der Waals surface area contributed by atoms with Crippen molar-refractivity contribution in [3.8, 4) is 5.88 Å². The van der Waals surface area contributed by atoms with Crippen molar-refractivity contribution in [2.75, 3.05) is 13.2 Å². The molecular formula is C13H19BrN2O. The second-order valence-corrected chi connectivity index (χ2v) is 4.64. The molecule has 1 aromatic rings. The van der Waals surface area contributed by atoms with Gasteiger partial charge in [-0.2, -0.15) is 0 Å². The summed E-state index contributed by atoms with van der Waals surface area (Å²) < 4.78 is 6.59. The molecule has 0 aromatic carbocycles. The number of halogens is 1. The van der Waals surface area contributed by atoms with Crippen LogP contribution in [0.3, 0.4) is 0 Å². The monoisotopic (exact) mass is 298 g/mol. The Morgan fingerprint density at radius 1 is 1.59 bits per heavy atom. The van der Waals surface area contributed by atoms with E-state index in [4.69, 9.17) is 4.74 Å². The van der Waals surface area contributed by atoms with Crippen LogP contribution >= 0.6 is 15.9 Å². The molecule has 0 aliphatic heterocycles. The first-order valence-electron chi connectivity index (χ1n) is 5.86. The number of rotatable bonds is 8. The second kappa shape index (κ2) is 8.25. The van der Waals surface area contributed by atoms with Gasteiger partial charge in [-0.1, -0.05) is 13.0 Å². The molecule has 0 bridgehead atoms. The number of nitrogens with one attached hydrogen (secondary N) is 1. The van der Waals surface area contributed by atoms with Gasteiger partial charge in [0.25, 0.3) is 0 Å². The summed E-state index contributed by atoms with van der Waals surface area (Å²) in [4.78, 5) is 4.29. The number of aromatic nitrogens is 1. The maximum Gasteiger partial charge on any atom is 0.217 e. The molecule has 1 heterocycles. The van der Waals surface area contributed by atoms with Gasteiger partial charge in [0.05, 0.1) is 6.61 Å². The topological polar surface area (TPSA) is 34.1 Å². The van der Waals surface area contributed by atoms with E-state index in [1.165, 1.54) is 0 Å². The van der Waals surface area contributed by atoms with Crippen molar-refractivity contribution >= 4 is 15.9 Å². The number of hydrogen-bond acceptors (Lipinski definition) is 3. The maximum absolute atomic E-state index is 5.62. The Labute approximate surface area is 111 Å². The molecule has 1 aromatic heterocycles. The van der Waals surface area contributed by atoms with Gasteiger partial charge in [0, 0.05) is 22.8 Å². The molecule has 0 atom stereocenters. The quantitative estimate of drug-likeness (QED) is 0.591. The minimum atomic E-state index is 0.624. The highest BCUT2D eigenvalue weighted by Crippen LogP contribution is 2.20. The van der Waals surface area contributed by atoms with Gasteiger partial charge in [-0.05, 0) is 41.4 Å². The lowest BCUT2D eigenvalue weighted by Crippen LogP contribution is -2.15. The van der Waals surface area contributed by atoms with Crippen molar-refractivity contribution in [3.63, 3.8) is 0 Å². The number of nitrogens with zero attached hydrogens (tertiary/aromatic N) is 1. The summed E-state index contributed by atoms with van der Waals surface area (Å²) in [5, 5.41) is 3.35. The van der Waals surface area contributed by atoms with E-state index >= 15 is 0 Å². The summed E-state index contributed by atoms with van der Waals surface area (Å²) in [7, 11) is 0. The van der Waals surface area contributed by atoms with E-state index in [1.807, 2.05) is 12.1 Å². The van der Waals surface area contributed by atoms with Crippen molar-refractivity contribution in [1.82, 2.24) is 10.3 Å². The van der Waals surface area contributed by atoms with E-state index in [9.17, 15) is 0 Å². The van der Waals surface area contributed by atoms with E-state index in [0.29, 0.717) is 12.5 Å². The molecule has 94 valence electrons. The van der Waals surface area contributed by atoms with Crippen LogP contribution in [0, 0.1) is 0 Å². The minimum Gasteiger partial charge on any atom is -0.477 e. The molecule has 0 radical (unpaired) electrons. The fraction of sp³-hybridized carbons (Fsp3) is 0.462. The first-order valence-corrected chi connectivity index (χ1v) is 6.66. The summed E-state index contributed by atoms with van der Waals surface area (Å²) in [5.41, 5.74) is 1.08. The average molecular weight is 299 g/mol. The molecule has 0 amide bonds. The van der Waals surface area contributed by atoms with Gasteiger partial charge in [-0.15, -0.1) is 6.58 Å². The summed E-state index contributed by atoms with van der Waals surface area (Å²) >= 11 is 3.43. The van der Waals surface area contributed by atoms with Crippen LogP contribution in [0.5, 0.6) is 5.88 Å². The molecule has 3 nitrogen and oxygen atoms in total. The van der Waals surface area contributed by atoms with Crippen molar-refractivity contribution in [2.24, 2.45) is 0 Å². The van der Waals surface area contributed by atoms with Gasteiger partial charge in [0.15, 0.2) is 0 Å². The molecule has 1 rings (SSSR count). The third kappa shape index (κ3) is 5.33. The third-order valence-electron chi connectivity index (χ3n) is 2.19. The zero-order chi connectivity index (χ0) is 12.5. The Balaban J connectivity index is 2.62. The highest BCUT2D eigenvalue weighted by molar-refractivity contribution is 9.10. The van der Waals surface area contributed by atoms with Crippen LogP contribution in [0.2, 0.25) is 0 Å². The normalized spacial score (nSPS) is 10.2. The van der Waals surface area contributed by atoms with Crippen LogP contribution < -0.4 is 10.1 Å². The van der Waals surface area contributed by atoms with Gasteiger partial charge in [0.2, 0.25) is 5.88 Å². The molecule has 0 saturated heterocycles. The lowest BCUT2D eigenvalue weighted by molar-refractivity contribution is 0.307. The van der Waals surface area contributed by atoms with Crippen LogP contribution in [0.4, 0.5) is 0 Å². The lowest BCUT2D eigenvalue weighted by Gasteiger charge is -2.10. The van der Waals surface area contributed by atoms with Gasteiger partial charge < -0.3 is 10.1 Å². The Morgan fingerprint density at radius 3 is 3.12 bits per heavy atom. The molecule has 0 saturated carbocycles. The van der Waals surface area contributed by atoms with E-state index in [2.05, 4.69) is 39.7 Å². The largest absolute Gasteiger partial charge is 0.477 e. The number of pyridine rings is 1. The van der Waals surface area contributed by atoms with E-state index < -0.39 is 0 Å². The van der Waals surface area contributed by atoms with Gasteiger partial charge in [-0.3, -0.25) is 0 Å². The van der Waals surface area contributed by atoms with Crippen LogP contribution in [-0.2, 0) is 6.54 Å². The first-order chi connectivity index (χ1) is 8.27. The smallest absolute Gasteiger partial charge is 0.217 e. The highest BCUT2D eigenvalue weighted by Gasteiger charge is 2.05. The molecule has 0 spiro atoms. The van der Waals surface area contributed by atoms with Crippen LogP contribution in [0.1, 0.15) is 25.3 Å². The molecule has 0 fully saturated rings. The van der Waals surface area contributed by atoms with Crippen LogP contribution in [-0.4, -0.2) is 18.1 Å². The molecule has 0 aliphatic carbocycles. The number of hydrogen-bond donors (Lipinski definition) is 1. The van der Waals surface area contributed by atoms with Crippen molar-refractivity contribution in [3.05, 3.63) is 35.0 Å². The van der Waals surface area contributed by atoms with Crippen molar-refractivity contribution in [2.45, 2.75) is 26.3 Å². The zero-order valence-corrected chi connectivity index (χ0v) is 11.8. The van der Waals surface area contributed by atoms with Gasteiger partial charge >= 0.3 is 0 Å². The van der Waals surface area contributed by atoms with Crippen molar-refractivity contribution < 1.29 is 4.74 Å². The fourth-order valence-electron chi connectivity index (χ4n) is 1.36. The number of ether oxygens (including phenoxy) is 1. The SMILES string of the molecule is C=CCCOc1ncc(Br)cc1CNCCC. The summed E-state index contributed by atoms with van der Waals surface area (Å²) in [6, 6.07) is 2.04. The maximum atomic E-state index is 5.62. The fourth-order valence-corrected chi connectivity index (χ4v) is 1.74. The predicted octanol–water partition coefficient (Wildman–Crippen LogP) is 3.30. The average Bonchev–Trinajstić information content (AvgIpc) is 2.32. The van der Waals surface area contributed by atoms with E-state index in [1.54, 1.807) is 6.20 Å². The van der Waals surface area contributed by atoms with E-state index in [-0.39, 0.29) is 0 Å². The molecule has 17 heavy (non-hydrogen) atoms. The van der Waals surface area contributed by atoms with Gasteiger partial charge in [0.1, 0.15) is 0 Å². The molecule has 4 heteroatoms. The Morgan fingerprint density at radius 2 is 2.41 bits per heavy atom. The summed E-state index contributed by atoms with van der Waals surface area (Å²) in [6.07, 6.45) is 5.55. The Hall–Kier alpha value is -0.870. The minimum absolute atomic E-state index is 0.624. The highest BCUT2D eigenvalue weighted by atomic mass is 79.9. The van der Waals surface area contributed by atoms with Crippen LogP contribution in [0.25, 0.3) is 0 Å². The molecule has 0 unspecified atom stereocenters. The van der Waals surface area contributed by atoms with Gasteiger partial charge in [-0.25, -0.2) is 4.98 Å². The summed E-state index contributed by atoms with van der Waals surface area (Å²) in [6.45, 7) is 8.22. The predicted molar refractivity (Wildman–Crippen MR) is 74.2 cm³/mol. The molecule has 1 N–H and O–H groups in total. The Bertz CT molecular complexity index is 355. The van der Waals surface area contributed by atoms with E-state index in [0.717, 1.165) is 36.0 Å². The molecule has 0 aliphatic rings. The second-order valence-electron chi connectivity index (χ2n) is 3.72. The first kappa shape index (κ1) is 14.2. The lowest BCUT2D eigenvalue weighted by atomic mass is 10.2. The Kier molecular flexibility index (Phi) is 6.89. The standard InChI is InChI=1S/C13H19BrN2O/c1-3-5-7-17-13-11(9-15-6-4-2)8-12(14)10-16-13/h3,8,10,15H,1,4-7,9H2,2H3. The van der Waals surface area contributed by atoms with Crippen molar-refractivity contribution in [1.29, 1.82) is 0 Å². The molecular weight excluding hydrogens is 280 g/mol.